The minimum Gasteiger partial charge on any atom is -0.497 e. The number of fused-ring (bicyclic) bond motifs is 1. The first-order valence-corrected chi connectivity index (χ1v) is 7.38. The highest BCUT2D eigenvalue weighted by atomic mass is 16.5. The lowest BCUT2D eigenvalue weighted by Gasteiger charge is -2.32. The molecule has 0 fully saturated rings. The highest BCUT2D eigenvalue weighted by molar-refractivity contribution is 5.92. The van der Waals surface area contributed by atoms with Crippen molar-refractivity contribution >= 4 is 16.6 Å². The minimum atomic E-state index is -0.157. The summed E-state index contributed by atoms with van der Waals surface area (Å²) in [7, 11) is 1.68. The molecule has 1 aromatic carbocycles. The Morgan fingerprint density at radius 2 is 2.10 bits per heavy atom. The van der Waals surface area contributed by atoms with Gasteiger partial charge in [0, 0.05) is 23.7 Å². The van der Waals surface area contributed by atoms with Crippen LogP contribution in [0.2, 0.25) is 0 Å². The summed E-state index contributed by atoms with van der Waals surface area (Å²) in [5.74, 6) is 2.30. The zero-order chi connectivity index (χ0) is 15.5. The molecule has 3 N–H and O–H groups in total. The molecule has 0 aliphatic carbocycles. The van der Waals surface area contributed by atoms with Gasteiger partial charge in [-0.1, -0.05) is 13.8 Å². The van der Waals surface area contributed by atoms with Crippen LogP contribution in [0.4, 0.5) is 5.82 Å². The van der Waals surface area contributed by atoms with Gasteiger partial charge in [-0.05, 0) is 48.9 Å². The van der Waals surface area contributed by atoms with E-state index in [1.165, 1.54) is 0 Å². The number of anilines is 1. The predicted octanol–water partition coefficient (Wildman–Crippen LogP) is 3.42. The molecule has 4 nitrogen and oxygen atoms in total. The van der Waals surface area contributed by atoms with E-state index in [9.17, 15) is 0 Å². The van der Waals surface area contributed by atoms with Gasteiger partial charge in [-0.3, -0.25) is 0 Å². The van der Waals surface area contributed by atoms with Crippen molar-refractivity contribution in [2.24, 2.45) is 11.7 Å². The molecule has 0 saturated heterocycles. The second kappa shape index (κ2) is 6.31. The molecular formula is C17H25N3O. The maximum Gasteiger partial charge on any atom is 0.134 e. The molecular weight excluding hydrogens is 262 g/mol. The van der Waals surface area contributed by atoms with Gasteiger partial charge >= 0.3 is 0 Å². The van der Waals surface area contributed by atoms with Gasteiger partial charge in [-0.25, -0.2) is 4.98 Å². The lowest BCUT2D eigenvalue weighted by molar-refractivity contribution is 0.406. The monoisotopic (exact) mass is 287 g/mol. The molecule has 4 heteroatoms. The van der Waals surface area contributed by atoms with Crippen molar-refractivity contribution in [3.05, 3.63) is 30.5 Å². The smallest absolute Gasteiger partial charge is 0.134 e. The van der Waals surface area contributed by atoms with Gasteiger partial charge in [0.15, 0.2) is 0 Å². The largest absolute Gasteiger partial charge is 0.497 e. The summed E-state index contributed by atoms with van der Waals surface area (Å²) >= 11 is 0. The molecule has 0 spiro atoms. The van der Waals surface area contributed by atoms with Crippen molar-refractivity contribution in [3.63, 3.8) is 0 Å². The van der Waals surface area contributed by atoms with Crippen LogP contribution in [0, 0.1) is 5.92 Å². The van der Waals surface area contributed by atoms with Gasteiger partial charge in [0.05, 0.1) is 7.11 Å². The number of nitrogens with two attached hydrogens (primary N) is 1. The Kier molecular flexibility index (Phi) is 4.68. The highest BCUT2D eigenvalue weighted by Gasteiger charge is 2.24. The average Bonchev–Trinajstić information content (AvgIpc) is 2.46. The molecule has 0 bridgehead atoms. The fraction of sp³-hybridized carbons (Fsp3) is 0.471. The third kappa shape index (κ3) is 3.64. The van der Waals surface area contributed by atoms with E-state index < -0.39 is 0 Å². The summed E-state index contributed by atoms with van der Waals surface area (Å²) in [6.45, 7) is 7.13. The van der Waals surface area contributed by atoms with Crippen molar-refractivity contribution in [1.82, 2.24) is 4.98 Å². The molecule has 0 saturated carbocycles. The number of ether oxygens (including phenoxy) is 1. The number of hydrogen-bond acceptors (Lipinski definition) is 4. The Labute approximate surface area is 126 Å². The van der Waals surface area contributed by atoms with Gasteiger partial charge < -0.3 is 15.8 Å². The predicted molar refractivity (Wildman–Crippen MR) is 88.8 cm³/mol. The van der Waals surface area contributed by atoms with Crippen LogP contribution >= 0.6 is 0 Å². The highest BCUT2D eigenvalue weighted by Crippen LogP contribution is 2.28. The van der Waals surface area contributed by atoms with Crippen molar-refractivity contribution in [2.45, 2.75) is 32.7 Å². The van der Waals surface area contributed by atoms with Gasteiger partial charge in [-0.2, -0.15) is 0 Å². The average molecular weight is 287 g/mol. The number of methoxy groups -OCH3 is 1. The van der Waals surface area contributed by atoms with E-state index in [0.29, 0.717) is 12.5 Å². The fourth-order valence-corrected chi connectivity index (χ4v) is 2.75. The number of pyridine rings is 1. The van der Waals surface area contributed by atoms with Crippen LogP contribution in [0.1, 0.15) is 27.2 Å². The molecule has 1 unspecified atom stereocenters. The van der Waals surface area contributed by atoms with Gasteiger partial charge in [0.1, 0.15) is 11.6 Å². The molecule has 0 aliphatic heterocycles. The van der Waals surface area contributed by atoms with Crippen LogP contribution < -0.4 is 15.8 Å². The van der Waals surface area contributed by atoms with E-state index in [1.54, 1.807) is 7.11 Å². The molecule has 21 heavy (non-hydrogen) atoms. The second-order valence-corrected chi connectivity index (χ2v) is 6.23. The molecule has 0 radical (unpaired) electrons. The maximum atomic E-state index is 5.98. The number of nitrogens with one attached hydrogen (secondary N) is 1. The van der Waals surface area contributed by atoms with Gasteiger partial charge in [0.25, 0.3) is 0 Å². The lowest BCUT2D eigenvalue weighted by atomic mass is 9.90. The van der Waals surface area contributed by atoms with Crippen LogP contribution in [0.15, 0.2) is 30.5 Å². The Balaban J connectivity index is 2.37. The van der Waals surface area contributed by atoms with Crippen molar-refractivity contribution in [2.75, 3.05) is 19.0 Å². The quantitative estimate of drug-likeness (QED) is 0.854. The molecule has 114 valence electrons. The second-order valence-electron chi connectivity index (χ2n) is 6.23. The Morgan fingerprint density at radius 3 is 2.71 bits per heavy atom. The van der Waals surface area contributed by atoms with E-state index in [-0.39, 0.29) is 5.54 Å². The molecule has 2 rings (SSSR count). The Hall–Kier alpha value is -1.81. The van der Waals surface area contributed by atoms with E-state index in [1.807, 2.05) is 30.5 Å². The van der Waals surface area contributed by atoms with E-state index in [2.05, 4.69) is 31.1 Å². The van der Waals surface area contributed by atoms with Crippen LogP contribution in [-0.4, -0.2) is 24.2 Å². The molecule has 0 amide bonds. The summed E-state index contributed by atoms with van der Waals surface area (Å²) in [5.41, 5.74) is 5.83. The van der Waals surface area contributed by atoms with Crippen LogP contribution in [0.3, 0.4) is 0 Å². The first-order chi connectivity index (χ1) is 9.97. The number of aromatic nitrogens is 1. The summed E-state index contributed by atoms with van der Waals surface area (Å²) in [6.07, 6.45) is 2.81. The SMILES string of the molecule is COc1ccc2c(NC(C)(CN)CC(C)C)nccc2c1. The molecule has 1 heterocycles. The van der Waals surface area contributed by atoms with Crippen molar-refractivity contribution in [1.29, 1.82) is 0 Å². The first kappa shape index (κ1) is 15.6. The third-order valence-electron chi connectivity index (χ3n) is 3.70. The van der Waals surface area contributed by atoms with Crippen LogP contribution in [0.25, 0.3) is 10.8 Å². The van der Waals surface area contributed by atoms with E-state index >= 15 is 0 Å². The van der Waals surface area contributed by atoms with Gasteiger partial charge in [0.2, 0.25) is 0 Å². The van der Waals surface area contributed by atoms with E-state index in [0.717, 1.165) is 28.8 Å². The standard InChI is InChI=1S/C17H25N3O/c1-12(2)10-17(3,11-18)20-16-15-6-5-14(21-4)9-13(15)7-8-19-16/h5-9,12H,10-11,18H2,1-4H3,(H,19,20). The zero-order valence-corrected chi connectivity index (χ0v) is 13.3. The lowest BCUT2D eigenvalue weighted by Crippen LogP contribution is -2.43. The number of hydrogen-bond donors (Lipinski definition) is 2. The number of nitrogens with zero attached hydrogens (tertiary/aromatic N) is 1. The van der Waals surface area contributed by atoms with Crippen LogP contribution in [0.5, 0.6) is 5.75 Å². The molecule has 1 aromatic heterocycles. The van der Waals surface area contributed by atoms with Gasteiger partial charge in [-0.15, -0.1) is 0 Å². The molecule has 2 aromatic rings. The summed E-state index contributed by atoms with van der Waals surface area (Å²) in [6, 6.07) is 8.00. The summed E-state index contributed by atoms with van der Waals surface area (Å²) < 4.78 is 5.28. The number of benzene rings is 1. The number of rotatable bonds is 6. The topological polar surface area (TPSA) is 60.2 Å². The maximum absolute atomic E-state index is 5.98. The normalized spacial score (nSPS) is 14.2. The third-order valence-corrected chi connectivity index (χ3v) is 3.70. The Bertz CT molecular complexity index is 612. The van der Waals surface area contributed by atoms with Crippen LogP contribution in [-0.2, 0) is 0 Å². The minimum absolute atomic E-state index is 0.157. The first-order valence-electron chi connectivity index (χ1n) is 7.38. The van der Waals surface area contributed by atoms with E-state index in [4.69, 9.17) is 10.5 Å². The zero-order valence-electron chi connectivity index (χ0n) is 13.3. The fourth-order valence-electron chi connectivity index (χ4n) is 2.75. The molecule has 0 aliphatic rings. The van der Waals surface area contributed by atoms with Crippen molar-refractivity contribution in [3.8, 4) is 5.75 Å². The van der Waals surface area contributed by atoms with Crippen molar-refractivity contribution < 1.29 is 4.74 Å². The summed E-state index contributed by atoms with van der Waals surface area (Å²) in [4.78, 5) is 4.50. The molecule has 1 atom stereocenters. The summed E-state index contributed by atoms with van der Waals surface area (Å²) in [5, 5.41) is 5.73. The Morgan fingerprint density at radius 1 is 1.33 bits per heavy atom.